The highest BCUT2D eigenvalue weighted by molar-refractivity contribution is 7.86. The molecule has 0 spiro atoms. The van der Waals surface area contributed by atoms with Crippen LogP contribution in [0.25, 0.3) is 0 Å². The fourth-order valence-corrected chi connectivity index (χ4v) is 5.43. The van der Waals surface area contributed by atoms with Crippen LogP contribution in [-0.2, 0) is 23.3 Å². The molecule has 1 aliphatic heterocycles. The summed E-state index contributed by atoms with van der Waals surface area (Å²) in [5.41, 5.74) is 5.41. The number of nitrogens with zero attached hydrogens (tertiary/aromatic N) is 2. The van der Waals surface area contributed by atoms with Crippen molar-refractivity contribution in [3.63, 3.8) is 0 Å². The summed E-state index contributed by atoms with van der Waals surface area (Å²) in [6.45, 7) is 7.96. The topological polar surface area (TPSA) is 40.6 Å². The molecule has 0 aromatic heterocycles. The van der Waals surface area contributed by atoms with Gasteiger partial charge in [-0.2, -0.15) is 17.0 Å². The molecule has 0 aliphatic carbocycles. The Balaban J connectivity index is 1.85. The Kier molecular flexibility index (Phi) is 5.72. The van der Waals surface area contributed by atoms with Crippen molar-refractivity contribution in [2.45, 2.75) is 40.3 Å². The van der Waals surface area contributed by atoms with Gasteiger partial charge < -0.3 is 0 Å². The number of hydrogen-bond acceptors (Lipinski definition) is 2. The number of hydrogen-bond donors (Lipinski definition) is 0. The number of aryl methyl sites for hydroxylation is 3. The zero-order valence-electron chi connectivity index (χ0n) is 15.5. The van der Waals surface area contributed by atoms with E-state index in [-0.39, 0.29) is 0 Å². The molecule has 140 valence electrons. The van der Waals surface area contributed by atoms with Crippen molar-refractivity contribution in [2.24, 2.45) is 0 Å². The summed E-state index contributed by atoms with van der Waals surface area (Å²) in [5, 5.41) is 0.602. The minimum absolute atomic E-state index is 0.310. The van der Waals surface area contributed by atoms with Gasteiger partial charge in [0.15, 0.2) is 0 Å². The van der Waals surface area contributed by atoms with E-state index in [0.29, 0.717) is 31.2 Å². The van der Waals surface area contributed by atoms with E-state index in [2.05, 4.69) is 19.1 Å². The lowest BCUT2D eigenvalue weighted by Crippen LogP contribution is -2.48. The molecule has 1 heterocycles. The van der Waals surface area contributed by atoms with E-state index in [9.17, 15) is 8.42 Å². The van der Waals surface area contributed by atoms with Crippen molar-refractivity contribution < 1.29 is 8.42 Å². The Morgan fingerprint density at radius 3 is 2.15 bits per heavy atom. The molecule has 2 aromatic rings. The second-order valence-electron chi connectivity index (χ2n) is 7.00. The minimum atomic E-state index is -3.51. The summed E-state index contributed by atoms with van der Waals surface area (Å²) >= 11 is 6.22. The highest BCUT2D eigenvalue weighted by atomic mass is 35.5. The SMILES string of the molecule is Cc1cc(C)c(CN2CCCN(Cc3ccccc3Cl)S2(=O)=O)c(C)c1. The molecule has 1 fully saturated rings. The predicted octanol–water partition coefficient (Wildman–Crippen LogP) is 4.22. The average Bonchev–Trinajstić information content (AvgIpc) is 2.55. The first-order chi connectivity index (χ1) is 12.3. The molecule has 0 N–H and O–H groups in total. The summed E-state index contributed by atoms with van der Waals surface area (Å²) in [6.07, 6.45) is 0.813. The molecule has 1 saturated heterocycles. The lowest BCUT2D eigenvalue weighted by atomic mass is 10.00. The van der Waals surface area contributed by atoms with Crippen molar-refractivity contribution in [2.75, 3.05) is 13.1 Å². The van der Waals surface area contributed by atoms with Gasteiger partial charge in [-0.3, -0.25) is 0 Å². The van der Waals surface area contributed by atoms with E-state index in [1.54, 1.807) is 10.4 Å². The second kappa shape index (κ2) is 7.69. The standard InChI is InChI=1S/C20H25ClN2O2S/c1-15-11-16(2)19(17(3)12-15)14-23-10-6-9-22(26(23,24)25)13-18-7-4-5-8-20(18)21/h4-5,7-8,11-12H,6,9-10,13-14H2,1-3H3. The van der Waals surface area contributed by atoms with Crippen molar-refractivity contribution in [3.8, 4) is 0 Å². The van der Waals surface area contributed by atoms with Crippen molar-refractivity contribution in [1.82, 2.24) is 8.61 Å². The summed E-state index contributed by atoms with van der Waals surface area (Å²) < 4.78 is 29.4. The molecule has 0 radical (unpaired) electrons. The molecule has 0 bridgehead atoms. The third-order valence-electron chi connectivity index (χ3n) is 4.95. The number of halogens is 1. The van der Waals surface area contributed by atoms with E-state index in [1.165, 1.54) is 9.87 Å². The Morgan fingerprint density at radius 2 is 1.54 bits per heavy atom. The Morgan fingerprint density at radius 1 is 0.962 bits per heavy atom. The van der Waals surface area contributed by atoms with Crippen molar-refractivity contribution >= 4 is 21.8 Å². The molecule has 0 amide bonds. The van der Waals surface area contributed by atoms with Gasteiger partial charge in [-0.05, 0) is 55.5 Å². The molecule has 26 heavy (non-hydrogen) atoms. The summed E-state index contributed by atoms with van der Waals surface area (Å²) in [5.74, 6) is 0. The first kappa shape index (κ1) is 19.4. The maximum absolute atomic E-state index is 13.1. The summed E-state index contributed by atoms with van der Waals surface area (Å²) in [7, 11) is -3.51. The first-order valence-corrected chi connectivity index (χ1v) is 10.6. The zero-order valence-corrected chi connectivity index (χ0v) is 17.1. The first-order valence-electron chi connectivity index (χ1n) is 8.84. The molecule has 1 aliphatic rings. The van der Waals surface area contributed by atoms with Crippen molar-refractivity contribution in [3.05, 3.63) is 69.2 Å². The minimum Gasteiger partial charge on any atom is -0.195 e. The molecule has 0 atom stereocenters. The van der Waals surface area contributed by atoms with Crippen LogP contribution in [-0.4, -0.2) is 30.1 Å². The van der Waals surface area contributed by atoms with Gasteiger partial charge in [-0.1, -0.05) is 47.5 Å². The molecule has 0 saturated carbocycles. The van der Waals surface area contributed by atoms with Crippen LogP contribution in [0, 0.1) is 20.8 Å². The molecule has 6 heteroatoms. The van der Waals surface area contributed by atoms with Crippen LogP contribution in [0.5, 0.6) is 0 Å². The third kappa shape index (κ3) is 3.96. The Bertz CT molecular complexity index is 889. The van der Waals surface area contributed by atoms with E-state index in [4.69, 9.17) is 11.6 Å². The van der Waals surface area contributed by atoms with Crippen molar-refractivity contribution in [1.29, 1.82) is 0 Å². The molecule has 3 rings (SSSR count). The zero-order chi connectivity index (χ0) is 18.9. The van der Waals surface area contributed by atoms with Gasteiger partial charge in [0.2, 0.25) is 0 Å². The smallest absolute Gasteiger partial charge is 0.195 e. The molecule has 2 aromatic carbocycles. The van der Waals surface area contributed by atoms with E-state index in [0.717, 1.165) is 28.7 Å². The Hall–Kier alpha value is -1.40. The van der Waals surface area contributed by atoms with Crippen LogP contribution in [0.1, 0.15) is 34.2 Å². The lowest BCUT2D eigenvalue weighted by molar-refractivity contribution is 0.275. The molecular formula is C20H25ClN2O2S. The Labute approximate surface area is 161 Å². The highest BCUT2D eigenvalue weighted by Gasteiger charge is 2.34. The van der Waals surface area contributed by atoms with Crippen LogP contribution in [0.2, 0.25) is 5.02 Å². The van der Waals surface area contributed by atoms with Gasteiger partial charge in [0.05, 0.1) is 0 Å². The average molecular weight is 393 g/mol. The maximum atomic E-state index is 13.1. The number of rotatable bonds is 4. The molecular weight excluding hydrogens is 368 g/mol. The van der Waals surface area contributed by atoms with Crippen LogP contribution in [0.3, 0.4) is 0 Å². The van der Waals surface area contributed by atoms with E-state index >= 15 is 0 Å². The van der Waals surface area contributed by atoms with Crippen LogP contribution in [0.4, 0.5) is 0 Å². The van der Waals surface area contributed by atoms with Gasteiger partial charge in [-0.25, -0.2) is 0 Å². The fourth-order valence-electron chi connectivity index (χ4n) is 3.59. The molecule has 0 unspecified atom stereocenters. The van der Waals surface area contributed by atoms with E-state index in [1.807, 2.05) is 32.0 Å². The van der Waals surface area contributed by atoms with Gasteiger partial charge >= 0.3 is 0 Å². The number of benzene rings is 2. The fraction of sp³-hybridized carbons (Fsp3) is 0.400. The van der Waals surface area contributed by atoms with Gasteiger partial charge in [-0.15, -0.1) is 0 Å². The van der Waals surface area contributed by atoms with Crippen LogP contribution >= 0.6 is 11.6 Å². The van der Waals surface area contributed by atoms with Gasteiger partial charge in [0.25, 0.3) is 10.2 Å². The monoisotopic (exact) mass is 392 g/mol. The van der Waals surface area contributed by atoms with E-state index < -0.39 is 10.2 Å². The maximum Gasteiger partial charge on any atom is 0.282 e. The normalized spacial score (nSPS) is 18.2. The van der Waals surface area contributed by atoms with Gasteiger partial charge in [0, 0.05) is 31.2 Å². The molecule has 4 nitrogen and oxygen atoms in total. The largest absolute Gasteiger partial charge is 0.282 e. The lowest BCUT2D eigenvalue weighted by Gasteiger charge is -2.35. The quantitative estimate of drug-likeness (QED) is 0.781. The van der Waals surface area contributed by atoms with Crippen LogP contribution in [0.15, 0.2) is 36.4 Å². The third-order valence-corrected chi connectivity index (χ3v) is 7.24. The predicted molar refractivity (Wildman–Crippen MR) is 106 cm³/mol. The van der Waals surface area contributed by atoms with Gasteiger partial charge in [0.1, 0.15) is 0 Å². The summed E-state index contributed by atoms with van der Waals surface area (Å²) in [6, 6.07) is 11.6. The highest BCUT2D eigenvalue weighted by Crippen LogP contribution is 2.26. The summed E-state index contributed by atoms with van der Waals surface area (Å²) in [4.78, 5) is 0. The second-order valence-corrected chi connectivity index (χ2v) is 9.33. The van der Waals surface area contributed by atoms with Crippen LogP contribution < -0.4 is 0 Å².